The largest absolute Gasteiger partial charge is 0.294 e. The van der Waals surface area contributed by atoms with E-state index < -0.39 is 10.7 Å². The Bertz CT molecular complexity index is 491. The van der Waals surface area contributed by atoms with E-state index in [1.165, 1.54) is 19.1 Å². The third-order valence-corrected chi connectivity index (χ3v) is 2.91. The van der Waals surface area contributed by atoms with Crippen LogP contribution in [0.1, 0.15) is 22.8 Å². The molecule has 0 saturated carbocycles. The smallest absolute Gasteiger partial charge is 0.281 e. The van der Waals surface area contributed by atoms with Crippen molar-refractivity contribution in [3.8, 4) is 6.07 Å². The van der Waals surface area contributed by atoms with E-state index in [4.69, 9.17) is 5.26 Å². The summed E-state index contributed by atoms with van der Waals surface area (Å²) < 4.78 is 0.330. The molecule has 76 valence electrons. The van der Waals surface area contributed by atoms with Gasteiger partial charge in [-0.2, -0.15) is 5.26 Å². The molecule has 0 bridgehead atoms. The number of nitriles is 1. The van der Waals surface area contributed by atoms with Crippen LogP contribution in [0, 0.1) is 25.0 Å². The zero-order valence-electron chi connectivity index (χ0n) is 7.65. The van der Waals surface area contributed by atoms with E-state index in [0.29, 0.717) is 3.57 Å². The SMILES string of the molecule is CC(=O)c1c([N+](=O)[O-])ccc(C#N)c1I. The number of carbonyl (C=O) groups excluding carboxylic acids is 1. The van der Waals surface area contributed by atoms with Crippen LogP contribution in [0.4, 0.5) is 5.69 Å². The predicted octanol–water partition coefficient (Wildman–Crippen LogP) is 2.27. The van der Waals surface area contributed by atoms with Gasteiger partial charge in [0.05, 0.1) is 10.5 Å². The van der Waals surface area contributed by atoms with Gasteiger partial charge in [-0.05, 0) is 35.6 Å². The third kappa shape index (κ3) is 2.12. The molecule has 5 nitrogen and oxygen atoms in total. The summed E-state index contributed by atoms with van der Waals surface area (Å²) in [6.07, 6.45) is 0. The average Bonchev–Trinajstić information content (AvgIpc) is 2.16. The van der Waals surface area contributed by atoms with Gasteiger partial charge < -0.3 is 0 Å². The molecule has 0 heterocycles. The molecule has 0 aromatic heterocycles. The van der Waals surface area contributed by atoms with Crippen molar-refractivity contribution >= 4 is 34.1 Å². The lowest BCUT2D eigenvalue weighted by atomic mass is 10.1. The van der Waals surface area contributed by atoms with Gasteiger partial charge in [0.1, 0.15) is 11.6 Å². The van der Waals surface area contributed by atoms with E-state index in [2.05, 4.69) is 0 Å². The lowest BCUT2D eigenvalue weighted by Gasteiger charge is -2.02. The molecule has 15 heavy (non-hydrogen) atoms. The number of hydrogen-bond donors (Lipinski definition) is 0. The predicted molar refractivity (Wildman–Crippen MR) is 60.5 cm³/mol. The van der Waals surface area contributed by atoms with Crippen LogP contribution in [0.25, 0.3) is 0 Å². The fraction of sp³-hybridized carbons (Fsp3) is 0.111. The number of halogens is 1. The van der Waals surface area contributed by atoms with Crippen molar-refractivity contribution in [2.24, 2.45) is 0 Å². The first-order valence-corrected chi connectivity index (χ1v) is 4.94. The molecule has 0 aliphatic carbocycles. The Morgan fingerprint density at radius 2 is 2.20 bits per heavy atom. The Morgan fingerprint density at radius 3 is 2.60 bits per heavy atom. The molecule has 0 aliphatic rings. The normalized spacial score (nSPS) is 9.40. The highest BCUT2D eigenvalue weighted by Crippen LogP contribution is 2.27. The Hall–Kier alpha value is -1.49. The first-order chi connectivity index (χ1) is 6.99. The molecule has 6 heteroatoms. The fourth-order valence-corrected chi connectivity index (χ4v) is 2.10. The number of hydrogen-bond acceptors (Lipinski definition) is 4. The second kappa shape index (κ2) is 4.35. The van der Waals surface area contributed by atoms with E-state index in [-0.39, 0.29) is 16.8 Å². The van der Waals surface area contributed by atoms with E-state index in [9.17, 15) is 14.9 Å². The first-order valence-electron chi connectivity index (χ1n) is 3.87. The number of Topliss-reactive ketones (excluding diaryl/α,β-unsaturated/α-hetero) is 1. The Labute approximate surface area is 99.0 Å². The monoisotopic (exact) mass is 316 g/mol. The molecule has 0 spiro atoms. The molecule has 0 atom stereocenters. The number of nitrogens with zero attached hydrogens (tertiary/aromatic N) is 2. The molecule has 1 rings (SSSR count). The molecule has 1 aromatic rings. The van der Waals surface area contributed by atoms with Crippen LogP contribution in [0.5, 0.6) is 0 Å². The highest BCUT2D eigenvalue weighted by molar-refractivity contribution is 14.1. The van der Waals surface area contributed by atoms with Crippen molar-refractivity contribution in [3.05, 3.63) is 36.9 Å². The van der Waals surface area contributed by atoms with Crippen molar-refractivity contribution in [2.45, 2.75) is 6.92 Å². The molecular formula is C9H5IN2O3. The van der Waals surface area contributed by atoms with Gasteiger partial charge in [0.25, 0.3) is 5.69 Å². The number of rotatable bonds is 2. The fourth-order valence-electron chi connectivity index (χ4n) is 1.14. The second-order valence-corrected chi connectivity index (χ2v) is 3.83. The number of benzene rings is 1. The summed E-state index contributed by atoms with van der Waals surface area (Å²) in [5.41, 5.74) is 0.0111. The molecule has 0 aliphatic heterocycles. The minimum absolute atomic E-state index is 0.000324. The second-order valence-electron chi connectivity index (χ2n) is 2.75. The zero-order chi connectivity index (χ0) is 11.6. The lowest BCUT2D eigenvalue weighted by Crippen LogP contribution is -2.04. The summed E-state index contributed by atoms with van der Waals surface area (Å²) in [6.45, 7) is 1.24. The maximum Gasteiger partial charge on any atom is 0.281 e. The molecule has 0 N–H and O–H groups in total. The van der Waals surface area contributed by atoms with E-state index >= 15 is 0 Å². The van der Waals surface area contributed by atoms with E-state index in [1.54, 1.807) is 22.6 Å². The molecule has 1 aromatic carbocycles. The lowest BCUT2D eigenvalue weighted by molar-refractivity contribution is -0.385. The summed E-state index contributed by atoms with van der Waals surface area (Å²) in [5, 5.41) is 19.4. The summed E-state index contributed by atoms with van der Waals surface area (Å²) >= 11 is 1.77. The summed E-state index contributed by atoms with van der Waals surface area (Å²) in [6, 6.07) is 4.39. The number of carbonyl (C=O) groups is 1. The quantitative estimate of drug-likeness (QED) is 0.363. The maximum absolute atomic E-state index is 11.2. The van der Waals surface area contributed by atoms with Crippen LogP contribution < -0.4 is 0 Å². The zero-order valence-corrected chi connectivity index (χ0v) is 9.81. The highest BCUT2D eigenvalue weighted by atomic mass is 127. The van der Waals surface area contributed by atoms with Crippen LogP contribution in [-0.4, -0.2) is 10.7 Å². The Balaban J connectivity index is 3.60. The van der Waals surface area contributed by atoms with Gasteiger partial charge in [-0.15, -0.1) is 0 Å². The summed E-state index contributed by atoms with van der Waals surface area (Å²) in [7, 11) is 0. The minimum atomic E-state index is -0.625. The van der Waals surface area contributed by atoms with Crippen molar-refractivity contribution in [2.75, 3.05) is 0 Å². The average molecular weight is 316 g/mol. The van der Waals surface area contributed by atoms with E-state index in [0.717, 1.165) is 0 Å². The van der Waals surface area contributed by atoms with Crippen LogP contribution >= 0.6 is 22.6 Å². The molecule has 0 unspecified atom stereocenters. The van der Waals surface area contributed by atoms with Crippen LogP contribution in [0.2, 0.25) is 0 Å². The maximum atomic E-state index is 11.2. The van der Waals surface area contributed by atoms with Gasteiger partial charge >= 0.3 is 0 Å². The van der Waals surface area contributed by atoms with Crippen LogP contribution in [0.3, 0.4) is 0 Å². The number of nitro groups is 1. The van der Waals surface area contributed by atoms with Crippen LogP contribution in [0.15, 0.2) is 12.1 Å². The van der Waals surface area contributed by atoms with Crippen LogP contribution in [-0.2, 0) is 0 Å². The molecule has 0 radical (unpaired) electrons. The van der Waals surface area contributed by atoms with Crippen molar-refractivity contribution in [1.82, 2.24) is 0 Å². The van der Waals surface area contributed by atoms with Gasteiger partial charge in [0.2, 0.25) is 0 Å². The molecule has 0 saturated heterocycles. The number of nitro benzene ring substituents is 1. The highest BCUT2D eigenvalue weighted by Gasteiger charge is 2.22. The van der Waals surface area contributed by atoms with Gasteiger partial charge in [0.15, 0.2) is 5.78 Å². The van der Waals surface area contributed by atoms with Crippen molar-refractivity contribution in [3.63, 3.8) is 0 Å². The van der Waals surface area contributed by atoms with E-state index in [1.807, 2.05) is 6.07 Å². The standard InChI is InChI=1S/C9H5IN2O3/c1-5(13)8-7(12(14)15)3-2-6(4-11)9(8)10/h2-3H,1H3. The topological polar surface area (TPSA) is 84.0 Å². The first kappa shape index (κ1) is 11.6. The van der Waals surface area contributed by atoms with Gasteiger partial charge in [-0.25, -0.2) is 0 Å². The molecule has 0 amide bonds. The minimum Gasteiger partial charge on any atom is -0.294 e. The van der Waals surface area contributed by atoms with Gasteiger partial charge in [0, 0.05) is 9.64 Å². The summed E-state index contributed by atoms with van der Waals surface area (Å²) in [5.74, 6) is -0.414. The summed E-state index contributed by atoms with van der Waals surface area (Å²) in [4.78, 5) is 21.3. The van der Waals surface area contributed by atoms with Crippen molar-refractivity contribution in [1.29, 1.82) is 5.26 Å². The van der Waals surface area contributed by atoms with Gasteiger partial charge in [-0.3, -0.25) is 14.9 Å². The Morgan fingerprint density at radius 1 is 1.60 bits per heavy atom. The third-order valence-electron chi connectivity index (χ3n) is 1.79. The number of ketones is 1. The van der Waals surface area contributed by atoms with Gasteiger partial charge in [-0.1, -0.05) is 0 Å². The van der Waals surface area contributed by atoms with Crippen molar-refractivity contribution < 1.29 is 9.72 Å². The molecule has 0 fully saturated rings. The molecular weight excluding hydrogens is 311 g/mol. The Kier molecular flexibility index (Phi) is 3.36.